The van der Waals surface area contributed by atoms with Crippen LogP contribution in [-0.2, 0) is 6.54 Å². The van der Waals surface area contributed by atoms with Gasteiger partial charge in [-0.1, -0.05) is 5.16 Å². The quantitative estimate of drug-likeness (QED) is 0.238. The summed E-state index contributed by atoms with van der Waals surface area (Å²) >= 11 is 1.65. The number of hydrogen-bond donors (Lipinski definition) is 3. The maximum Gasteiger partial charge on any atom is 0.170 e. The highest BCUT2D eigenvalue weighted by Crippen LogP contribution is 2.12. The van der Waals surface area contributed by atoms with Crippen LogP contribution in [0.2, 0.25) is 0 Å². The predicted molar refractivity (Wildman–Crippen MR) is 83.0 cm³/mol. The van der Waals surface area contributed by atoms with Crippen LogP contribution in [0.4, 0.5) is 0 Å². The molecule has 2 aromatic rings. The highest BCUT2D eigenvalue weighted by Gasteiger charge is 2.00. The van der Waals surface area contributed by atoms with E-state index in [9.17, 15) is 0 Å². The number of aryl methyl sites for hydroxylation is 1. The minimum absolute atomic E-state index is 0.0851. The minimum Gasteiger partial charge on any atom is -0.492 e. The first-order valence-electron chi connectivity index (χ1n) is 6.51. The van der Waals surface area contributed by atoms with Gasteiger partial charge < -0.3 is 21.0 Å². The molecule has 0 unspecified atom stereocenters. The first-order chi connectivity index (χ1) is 10.2. The Hall–Kier alpha value is -2.12. The molecule has 0 saturated carbocycles. The fourth-order valence-corrected chi connectivity index (χ4v) is 2.44. The Bertz CT molecular complexity index is 595. The minimum atomic E-state index is 0.0851. The number of nitrogens with two attached hydrogens (primary N) is 1. The van der Waals surface area contributed by atoms with E-state index >= 15 is 0 Å². The van der Waals surface area contributed by atoms with Crippen LogP contribution in [0.15, 0.2) is 34.8 Å². The van der Waals surface area contributed by atoms with E-state index in [0.29, 0.717) is 12.2 Å². The smallest absolute Gasteiger partial charge is 0.170 e. The van der Waals surface area contributed by atoms with Gasteiger partial charge in [-0.3, -0.25) is 0 Å². The van der Waals surface area contributed by atoms with Crippen molar-refractivity contribution in [3.63, 3.8) is 0 Å². The second-order valence-electron chi connectivity index (χ2n) is 4.42. The van der Waals surface area contributed by atoms with Crippen molar-refractivity contribution >= 4 is 17.2 Å². The molecule has 0 fully saturated rings. The molecule has 0 atom stereocenters. The lowest BCUT2D eigenvalue weighted by Gasteiger charge is -2.07. The molecule has 0 aliphatic heterocycles. The van der Waals surface area contributed by atoms with Gasteiger partial charge in [0.15, 0.2) is 5.84 Å². The van der Waals surface area contributed by atoms with Gasteiger partial charge in [-0.15, -0.1) is 11.3 Å². The molecular weight excluding hydrogens is 288 g/mol. The second-order valence-corrected chi connectivity index (χ2v) is 5.36. The van der Waals surface area contributed by atoms with Crippen LogP contribution in [0.5, 0.6) is 5.75 Å². The van der Waals surface area contributed by atoms with Crippen LogP contribution in [0.1, 0.15) is 16.3 Å². The lowest BCUT2D eigenvalue weighted by molar-refractivity contribution is 0.313. The van der Waals surface area contributed by atoms with Crippen LogP contribution in [0, 0.1) is 6.92 Å². The van der Waals surface area contributed by atoms with E-state index in [2.05, 4.69) is 15.5 Å². The van der Waals surface area contributed by atoms with Gasteiger partial charge in [0, 0.05) is 29.7 Å². The molecule has 1 aromatic carbocycles. The molecular formula is C14H18N4O2S. The number of ether oxygens (including phenoxy) is 1. The molecule has 0 bridgehead atoms. The molecule has 0 saturated heterocycles. The third-order valence-electron chi connectivity index (χ3n) is 2.75. The summed E-state index contributed by atoms with van der Waals surface area (Å²) in [6, 6.07) is 7.07. The van der Waals surface area contributed by atoms with Gasteiger partial charge >= 0.3 is 0 Å². The predicted octanol–water partition coefficient (Wildman–Crippen LogP) is 1.71. The zero-order valence-corrected chi connectivity index (χ0v) is 12.6. The number of nitrogens with one attached hydrogen (secondary N) is 1. The lowest BCUT2D eigenvalue weighted by atomic mass is 10.2. The number of aromatic nitrogens is 1. The van der Waals surface area contributed by atoms with Crippen LogP contribution in [0.3, 0.4) is 0 Å². The Morgan fingerprint density at radius 3 is 2.81 bits per heavy atom. The van der Waals surface area contributed by atoms with Gasteiger partial charge in [-0.05, 0) is 31.2 Å². The Balaban J connectivity index is 1.69. The van der Waals surface area contributed by atoms with Crippen molar-refractivity contribution in [2.75, 3.05) is 13.2 Å². The zero-order valence-electron chi connectivity index (χ0n) is 11.7. The van der Waals surface area contributed by atoms with E-state index in [4.69, 9.17) is 15.7 Å². The molecule has 112 valence electrons. The van der Waals surface area contributed by atoms with E-state index in [1.165, 1.54) is 0 Å². The number of rotatable bonds is 7. The molecule has 21 heavy (non-hydrogen) atoms. The summed E-state index contributed by atoms with van der Waals surface area (Å²) in [6.07, 6.45) is 0. The molecule has 1 aromatic heterocycles. The van der Waals surface area contributed by atoms with Gasteiger partial charge in [-0.2, -0.15) is 0 Å². The maximum atomic E-state index is 8.57. The van der Waals surface area contributed by atoms with E-state index in [1.807, 2.05) is 12.3 Å². The number of oxime groups is 1. The summed E-state index contributed by atoms with van der Waals surface area (Å²) in [5, 5.41) is 17.9. The van der Waals surface area contributed by atoms with Gasteiger partial charge in [-0.25, -0.2) is 4.98 Å². The molecule has 2 rings (SSSR count). The fourth-order valence-electron chi connectivity index (χ4n) is 1.70. The van der Waals surface area contributed by atoms with Gasteiger partial charge in [0.25, 0.3) is 0 Å². The molecule has 0 amide bonds. The van der Waals surface area contributed by atoms with Crippen molar-refractivity contribution < 1.29 is 9.94 Å². The van der Waals surface area contributed by atoms with Crippen molar-refractivity contribution in [2.24, 2.45) is 10.9 Å². The number of thiazole rings is 1. The monoisotopic (exact) mass is 306 g/mol. The molecule has 0 aliphatic carbocycles. The fraction of sp³-hybridized carbons (Fsp3) is 0.286. The molecule has 4 N–H and O–H groups in total. The van der Waals surface area contributed by atoms with Gasteiger partial charge in [0.1, 0.15) is 17.4 Å². The Morgan fingerprint density at radius 2 is 2.19 bits per heavy atom. The maximum absolute atomic E-state index is 8.57. The van der Waals surface area contributed by atoms with E-state index in [0.717, 1.165) is 29.5 Å². The Labute approximate surface area is 127 Å². The van der Waals surface area contributed by atoms with E-state index in [-0.39, 0.29) is 5.84 Å². The highest BCUT2D eigenvalue weighted by molar-refractivity contribution is 7.09. The summed E-state index contributed by atoms with van der Waals surface area (Å²) in [4.78, 5) is 4.37. The van der Waals surface area contributed by atoms with Crippen LogP contribution in [0.25, 0.3) is 0 Å². The third-order valence-corrected chi connectivity index (χ3v) is 3.71. The van der Waals surface area contributed by atoms with E-state index < -0.39 is 0 Å². The average Bonchev–Trinajstić information content (AvgIpc) is 2.92. The van der Waals surface area contributed by atoms with Crippen molar-refractivity contribution in [2.45, 2.75) is 13.5 Å². The second kappa shape index (κ2) is 7.61. The third kappa shape index (κ3) is 4.73. The molecule has 6 nitrogen and oxygen atoms in total. The summed E-state index contributed by atoms with van der Waals surface area (Å²) in [5.41, 5.74) is 7.19. The normalized spacial score (nSPS) is 11.6. The number of nitrogens with zero attached hydrogens (tertiary/aromatic N) is 2. The molecule has 7 heteroatoms. The van der Waals surface area contributed by atoms with Crippen molar-refractivity contribution in [1.82, 2.24) is 10.3 Å². The van der Waals surface area contributed by atoms with Crippen LogP contribution < -0.4 is 15.8 Å². The zero-order chi connectivity index (χ0) is 15.1. The van der Waals surface area contributed by atoms with E-state index in [1.54, 1.807) is 35.6 Å². The SMILES string of the molecule is Cc1csc(CNCCOc2ccc(C(N)=NO)cc2)n1. The van der Waals surface area contributed by atoms with Crippen LogP contribution in [-0.4, -0.2) is 29.2 Å². The average molecular weight is 306 g/mol. The standard InChI is InChI=1S/C14H18N4O2S/c1-10-9-21-13(17-10)8-16-6-7-20-12-4-2-11(3-5-12)14(15)18-19/h2-5,9,16,19H,6-8H2,1H3,(H2,15,18). The summed E-state index contributed by atoms with van der Waals surface area (Å²) < 4.78 is 5.59. The van der Waals surface area contributed by atoms with Crippen LogP contribution >= 0.6 is 11.3 Å². The Morgan fingerprint density at radius 1 is 1.43 bits per heavy atom. The number of amidine groups is 1. The molecule has 1 heterocycles. The molecule has 0 radical (unpaired) electrons. The van der Waals surface area contributed by atoms with Crippen molar-refractivity contribution in [1.29, 1.82) is 0 Å². The van der Waals surface area contributed by atoms with Crippen molar-refractivity contribution in [3.05, 3.63) is 45.9 Å². The summed E-state index contributed by atoms with van der Waals surface area (Å²) in [7, 11) is 0. The lowest BCUT2D eigenvalue weighted by Crippen LogP contribution is -2.20. The molecule has 0 spiro atoms. The largest absolute Gasteiger partial charge is 0.492 e. The van der Waals surface area contributed by atoms with Gasteiger partial charge in [0.05, 0.1) is 0 Å². The number of hydrogen-bond acceptors (Lipinski definition) is 6. The first-order valence-corrected chi connectivity index (χ1v) is 7.39. The first kappa shape index (κ1) is 15.3. The molecule has 0 aliphatic rings. The summed E-state index contributed by atoms with van der Waals surface area (Å²) in [6.45, 7) is 4.04. The Kier molecular flexibility index (Phi) is 5.53. The topological polar surface area (TPSA) is 92.8 Å². The van der Waals surface area contributed by atoms with Gasteiger partial charge in [0.2, 0.25) is 0 Å². The summed E-state index contributed by atoms with van der Waals surface area (Å²) in [5.74, 6) is 0.832. The van der Waals surface area contributed by atoms with Crippen molar-refractivity contribution in [3.8, 4) is 5.75 Å². The number of benzene rings is 1. The highest BCUT2D eigenvalue weighted by atomic mass is 32.1.